The number of hydrogen-bond donors (Lipinski definition) is 0. The Morgan fingerprint density at radius 1 is 1.03 bits per heavy atom. The van der Waals surface area contributed by atoms with Gasteiger partial charge in [-0.3, -0.25) is 14.9 Å². The molecule has 0 bridgehead atoms. The van der Waals surface area contributed by atoms with E-state index in [1.54, 1.807) is 18.2 Å². The smallest absolute Gasteiger partial charge is 0.416 e. The van der Waals surface area contributed by atoms with Gasteiger partial charge in [-0.05, 0) is 30.3 Å². The molecule has 0 N–H and O–H groups in total. The molecule has 4 aromatic rings. The Morgan fingerprint density at radius 3 is 2.39 bits per heavy atom. The van der Waals surface area contributed by atoms with E-state index in [0.717, 1.165) is 29.1 Å². The minimum atomic E-state index is -4.62. The molecule has 0 aliphatic carbocycles. The van der Waals surface area contributed by atoms with E-state index in [4.69, 9.17) is 9.47 Å². The van der Waals surface area contributed by atoms with Gasteiger partial charge < -0.3 is 9.47 Å². The van der Waals surface area contributed by atoms with Crippen molar-refractivity contribution in [2.45, 2.75) is 6.18 Å². The molecule has 1 heterocycles. The molecule has 12 heteroatoms. The van der Waals surface area contributed by atoms with Gasteiger partial charge in [0.2, 0.25) is 0 Å². The second-order valence-electron chi connectivity index (χ2n) is 7.42. The summed E-state index contributed by atoms with van der Waals surface area (Å²) in [5.41, 5.74) is -1.81. The Labute approximate surface area is 201 Å². The highest BCUT2D eigenvalue weighted by atomic mass is 19.4. The zero-order chi connectivity index (χ0) is 26.0. The van der Waals surface area contributed by atoms with Crippen LogP contribution in [-0.2, 0) is 6.18 Å². The number of nitrogens with zero attached hydrogens (tertiary/aromatic N) is 4. The number of aromatic nitrogens is 2. The van der Waals surface area contributed by atoms with E-state index in [-0.39, 0.29) is 45.0 Å². The molecule has 0 saturated carbocycles. The monoisotopic (exact) mass is 498 g/mol. The van der Waals surface area contributed by atoms with E-state index in [0.29, 0.717) is 0 Å². The normalized spacial score (nSPS) is 11.7. The standard InChI is InChI=1S/C24H17F3N4O5/c1-35-20-11-15(19(31(33)34)12-21(20)36-2)13-28-30-22(14-6-5-7-16(10-14)24(25,26)27)29-18-9-4-3-8-17(18)23(30)32/h3-13H,1-2H3. The van der Waals surface area contributed by atoms with Gasteiger partial charge in [0.05, 0.1) is 53.5 Å². The van der Waals surface area contributed by atoms with Crippen LogP contribution < -0.4 is 15.0 Å². The Bertz CT molecular complexity index is 1560. The van der Waals surface area contributed by atoms with E-state index in [2.05, 4.69) is 10.1 Å². The number of benzene rings is 3. The van der Waals surface area contributed by atoms with E-state index >= 15 is 0 Å². The van der Waals surface area contributed by atoms with Gasteiger partial charge in [0, 0.05) is 5.56 Å². The fourth-order valence-electron chi connectivity index (χ4n) is 3.52. The fourth-order valence-corrected chi connectivity index (χ4v) is 3.52. The summed E-state index contributed by atoms with van der Waals surface area (Å²) in [6.07, 6.45) is -3.59. The van der Waals surface area contributed by atoms with Crippen molar-refractivity contribution in [2.24, 2.45) is 5.10 Å². The van der Waals surface area contributed by atoms with Crippen LogP contribution in [0, 0.1) is 10.1 Å². The van der Waals surface area contributed by atoms with Gasteiger partial charge in [-0.1, -0.05) is 24.3 Å². The van der Waals surface area contributed by atoms with Crippen LogP contribution in [0.2, 0.25) is 0 Å². The average molecular weight is 498 g/mol. The number of fused-ring (bicyclic) bond motifs is 1. The number of hydrogen-bond acceptors (Lipinski definition) is 7. The Balaban J connectivity index is 1.96. The molecule has 0 unspecified atom stereocenters. The van der Waals surface area contributed by atoms with Crippen LogP contribution in [-0.4, -0.2) is 35.0 Å². The third-order valence-electron chi connectivity index (χ3n) is 5.24. The molecular weight excluding hydrogens is 481 g/mol. The molecule has 36 heavy (non-hydrogen) atoms. The lowest BCUT2D eigenvalue weighted by atomic mass is 10.1. The lowest BCUT2D eigenvalue weighted by Gasteiger charge is -2.12. The van der Waals surface area contributed by atoms with E-state index < -0.39 is 22.2 Å². The van der Waals surface area contributed by atoms with Crippen LogP contribution in [0.4, 0.5) is 18.9 Å². The topological polar surface area (TPSA) is 109 Å². The number of halogens is 3. The van der Waals surface area contributed by atoms with E-state index in [1.165, 1.54) is 38.5 Å². The number of alkyl halides is 3. The lowest BCUT2D eigenvalue weighted by Crippen LogP contribution is -2.20. The highest BCUT2D eigenvalue weighted by molar-refractivity contribution is 5.87. The molecule has 0 saturated heterocycles. The highest BCUT2D eigenvalue weighted by Crippen LogP contribution is 2.34. The van der Waals surface area contributed by atoms with Crippen molar-refractivity contribution in [3.05, 3.63) is 92.3 Å². The van der Waals surface area contributed by atoms with Crippen LogP contribution in [0.5, 0.6) is 11.5 Å². The molecule has 184 valence electrons. The van der Waals surface area contributed by atoms with Crippen molar-refractivity contribution in [3.63, 3.8) is 0 Å². The van der Waals surface area contributed by atoms with E-state index in [1.807, 2.05) is 0 Å². The predicted molar refractivity (Wildman–Crippen MR) is 126 cm³/mol. The van der Waals surface area contributed by atoms with Crippen molar-refractivity contribution < 1.29 is 27.6 Å². The van der Waals surface area contributed by atoms with Crippen molar-refractivity contribution in [1.82, 2.24) is 9.66 Å². The van der Waals surface area contributed by atoms with Crippen LogP contribution in [0.3, 0.4) is 0 Å². The molecule has 0 radical (unpaired) electrons. The van der Waals surface area contributed by atoms with Crippen LogP contribution in [0.25, 0.3) is 22.3 Å². The highest BCUT2D eigenvalue weighted by Gasteiger charge is 2.31. The summed E-state index contributed by atoms with van der Waals surface area (Å²) in [6.45, 7) is 0. The molecule has 0 spiro atoms. The summed E-state index contributed by atoms with van der Waals surface area (Å²) in [6, 6.07) is 13.0. The predicted octanol–water partition coefficient (Wildman–Crippen LogP) is 4.89. The zero-order valence-corrected chi connectivity index (χ0v) is 18.8. The minimum Gasteiger partial charge on any atom is -0.493 e. The van der Waals surface area contributed by atoms with Crippen molar-refractivity contribution in [2.75, 3.05) is 14.2 Å². The summed E-state index contributed by atoms with van der Waals surface area (Å²) in [7, 11) is 2.66. The van der Waals surface area contributed by atoms with Crippen LogP contribution in [0.1, 0.15) is 11.1 Å². The summed E-state index contributed by atoms with van der Waals surface area (Å²) in [5, 5.41) is 15.9. The summed E-state index contributed by atoms with van der Waals surface area (Å²) in [4.78, 5) is 28.6. The van der Waals surface area contributed by atoms with E-state index in [9.17, 15) is 28.1 Å². The first-order valence-corrected chi connectivity index (χ1v) is 10.3. The molecular formula is C24H17F3N4O5. The lowest BCUT2D eigenvalue weighted by molar-refractivity contribution is -0.385. The Kier molecular flexibility index (Phi) is 6.43. The number of ether oxygens (including phenoxy) is 2. The third kappa shape index (κ3) is 4.60. The van der Waals surface area contributed by atoms with Crippen molar-refractivity contribution in [3.8, 4) is 22.9 Å². The molecule has 9 nitrogen and oxygen atoms in total. The van der Waals surface area contributed by atoms with Crippen LogP contribution >= 0.6 is 0 Å². The number of nitro groups is 1. The molecule has 0 aliphatic heterocycles. The van der Waals surface area contributed by atoms with Gasteiger partial charge in [0.1, 0.15) is 0 Å². The first-order valence-electron chi connectivity index (χ1n) is 10.3. The van der Waals surface area contributed by atoms with Crippen LogP contribution in [0.15, 0.2) is 70.6 Å². The number of para-hydroxylation sites is 1. The molecule has 0 atom stereocenters. The maximum absolute atomic E-state index is 13.3. The second kappa shape index (κ2) is 9.49. The minimum absolute atomic E-state index is 0.0216. The zero-order valence-electron chi connectivity index (χ0n) is 18.8. The molecule has 4 rings (SSSR count). The van der Waals surface area contributed by atoms with Gasteiger partial charge in [0.15, 0.2) is 17.3 Å². The van der Waals surface area contributed by atoms with Gasteiger partial charge >= 0.3 is 6.18 Å². The first-order chi connectivity index (χ1) is 17.1. The number of methoxy groups -OCH3 is 2. The maximum Gasteiger partial charge on any atom is 0.416 e. The largest absolute Gasteiger partial charge is 0.493 e. The molecule has 1 aromatic heterocycles. The Morgan fingerprint density at radius 2 is 1.72 bits per heavy atom. The molecule has 0 fully saturated rings. The van der Waals surface area contributed by atoms with Gasteiger partial charge in [-0.2, -0.15) is 22.9 Å². The molecule has 0 amide bonds. The summed E-state index contributed by atoms with van der Waals surface area (Å²) in [5.74, 6) is 0.103. The van der Waals surface area contributed by atoms with Crippen molar-refractivity contribution in [1.29, 1.82) is 0 Å². The first kappa shape index (κ1) is 24.4. The van der Waals surface area contributed by atoms with Crippen molar-refractivity contribution >= 4 is 22.8 Å². The average Bonchev–Trinajstić information content (AvgIpc) is 2.87. The summed E-state index contributed by atoms with van der Waals surface area (Å²) < 4.78 is 51.1. The third-order valence-corrected chi connectivity index (χ3v) is 5.24. The second-order valence-corrected chi connectivity index (χ2v) is 7.42. The number of nitro benzene ring substituents is 1. The van der Waals surface area contributed by atoms with Gasteiger partial charge in [-0.25, -0.2) is 4.98 Å². The SMILES string of the molecule is COc1cc(C=Nn2c(-c3cccc(C(F)(F)F)c3)nc3ccccc3c2=O)c([N+](=O)[O-])cc1OC. The fraction of sp³-hybridized carbons (Fsp3) is 0.125. The quantitative estimate of drug-likeness (QED) is 0.213. The molecule has 3 aromatic carbocycles. The Hall–Kier alpha value is -4.74. The molecule has 0 aliphatic rings. The summed E-state index contributed by atoms with van der Waals surface area (Å²) >= 11 is 0. The number of rotatable bonds is 6. The van der Waals surface area contributed by atoms with Gasteiger partial charge in [0.25, 0.3) is 11.2 Å². The van der Waals surface area contributed by atoms with Gasteiger partial charge in [-0.15, -0.1) is 0 Å². The maximum atomic E-state index is 13.3.